The Morgan fingerprint density at radius 1 is 1.21 bits per heavy atom. The topological polar surface area (TPSA) is 89.0 Å². The van der Waals surface area contributed by atoms with E-state index in [9.17, 15) is 9.59 Å². The molecule has 1 aromatic carbocycles. The number of benzene rings is 1. The van der Waals surface area contributed by atoms with Gasteiger partial charge in [0.2, 0.25) is 5.91 Å². The van der Waals surface area contributed by atoms with Crippen molar-refractivity contribution in [2.24, 2.45) is 11.1 Å². The molecule has 0 aliphatic heterocycles. The predicted molar refractivity (Wildman–Crippen MR) is 111 cm³/mol. The second kappa shape index (κ2) is 10.5. The third-order valence-corrected chi connectivity index (χ3v) is 4.04. The summed E-state index contributed by atoms with van der Waals surface area (Å²) in [4.78, 5) is 29.5. The first-order valence-electron chi connectivity index (χ1n) is 8.77. The number of carbonyl (C=O) groups excluding carboxylic acids is 2. The maximum atomic E-state index is 12.6. The van der Waals surface area contributed by atoms with Crippen molar-refractivity contribution in [1.82, 2.24) is 10.6 Å². The smallest absolute Gasteiger partial charge is 0.408 e. The fourth-order valence-electron chi connectivity index (χ4n) is 2.26. The Balaban J connectivity index is 2.86. The standard InChI is InChI=1S/C19H27Cl2N3O4/c1-11(2)16(23-18(26)28-19(3,4)5)17(25)22-10-15(24-27-6)13-8-7-12(20)9-14(13)21/h7-9,11,16H,10H2,1-6H3,(H,22,25)(H,23,26). The molecule has 0 saturated heterocycles. The number of ether oxygens (including phenoxy) is 1. The number of oxime groups is 1. The molecule has 156 valence electrons. The molecule has 0 aromatic heterocycles. The van der Waals surface area contributed by atoms with Crippen molar-refractivity contribution < 1.29 is 19.2 Å². The van der Waals surface area contributed by atoms with E-state index in [1.54, 1.807) is 39.0 Å². The minimum atomic E-state index is -0.778. The van der Waals surface area contributed by atoms with Gasteiger partial charge in [-0.3, -0.25) is 4.79 Å². The minimum absolute atomic E-state index is 0.0489. The second-order valence-corrected chi connectivity index (χ2v) is 8.27. The molecule has 1 rings (SSSR count). The lowest BCUT2D eigenvalue weighted by Crippen LogP contribution is -2.51. The number of hydrogen-bond donors (Lipinski definition) is 2. The zero-order chi connectivity index (χ0) is 21.5. The van der Waals surface area contributed by atoms with Gasteiger partial charge in [-0.1, -0.05) is 42.2 Å². The molecule has 1 aromatic rings. The molecule has 0 fully saturated rings. The molecular formula is C19H27Cl2N3O4. The van der Waals surface area contributed by atoms with Crippen molar-refractivity contribution in [1.29, 1.82) is 0 Å². The molecule has 1 atom stereocenters. The molecule has 9 heteroatoms. The van der Waals surface area contributed by atoms with Crippen LogP contribution < -0.4 is 10.6 Å². The van der Waals surface area contributed by atoms with Crippen LogP contribution in [0.4, 0.5) is 4.79 Å². The van der Waals surface area contributed by atoms with Crippen LogP contribution in [0.1, 0.15) is 40.2 Å². The van der Waals surface area contributed by atoms with Crippen LogP contribution in [0.5, 0.6) is 0 Å². The number of halogens is 2. The van der Waals surface area contributed by atoms with Gasteiger partial charge in [0.25, 0.3) is 0 Å². The third-order valence-electron chi connectivity index (χ3n) is 3.49. The first kappa shape index (κ1) is 24.0. The van der Waals surface area contributed by atoms with Crippen LogP contribution in [0.15, 0.2) is 23.4 Å². The number of hydrogen-bond acceptors (Lipinski definition) is 5. The molecule has 0 spiro atoms. The minimum Gasteiger partial charge on any atom is -0.444 e. The van der Waals surface area contributed by atoms with Gasteiger partial charge in [0.1, 0.15) is 24.5 Å². The van der Waals surface area contributed by atoms with E-state index in [-0.39, 0.29) is 18.4 Å². The average Bonchev–Trinajstić information content (AvgIpc) is 2.54. The zero-order valence-corrected chi connectivity index (χ0v) is 18.4. The van der Waals surface area contributed by atoms with Crippen molar-refractivity contribution >= 4 is 40.9 Å². The van der Waals surface area contributed by atoms with Crippen LogP contribution in [0.2, 0.25) is 10.0 Å². The van der Waals surface area contributed by atoms with E-state index in [2.05, 4.69) is 15.8 Å². The molecule has 2 amide bonds. The highest BCUT2D eigenvalue weighted by Crippen LogP contribution is 2.21. The normalized spacial score (nSPS) is 13.1. The van der Waals surface area contributed by atoms with Crippen molar-refractivity contribution in [3.63, 3.8) is 0 Å². The average molecular weight is 432 g/mol. The van der Waals surface area contributed by atoms with Crippen LogP contribution in [-0.2, 0) is 14.4 Å². The zero-order valence-electron chi connectivity index (χ0n) is 16.9. The quantitative estimate of drug-likeness (QED) is 0.503. The summed E-state index contributed by atoms with van der Waals surface area (Å²) in [5.74, 6) is -0.538. The van der Waals surface area contributed by atoms with Crippen molar-refractivity contribution in [3.05, 3.63) is 33.8 Å². The Morgan fingerprint density at radius 2 is 1.86 bits per heavy atom. The Hall–Kier alpha value is -1.99. The molecule has 0 aliphatic carbocycles. The first-order chi connectivity index (χ1) is 12.9. The lowest BCUT2D eigenvalue weighted by Gasteiger charge is -2.25. The SMILES string of the molecule is CON=C(CNC(=O)C(NC(=O)OC(C)(C)C)C(C)C)c1ccc(Cl)cc1Cl. The number of nitrogens with one attached hydrogen (secondary N) is 2. The summed E-state index contributed by atoms with van der Waals surface area (Å²) < 4.78 is 5.23. The monoisotopic (exact) mass is 431 g/mol. The molecule has 0 radical (unpaired) electrons. The van der Waals surface area contributed by atoms with Crippen LogP contribution in [0.25, 0.3) is 0 Å². The Kier molecular flexibility index (Phi) is 9.04. The predicted octanol–water partition coefficient (Wildman–Crippen LogP) is 4.01. The van der Waals surface area contributed by atoms with E-state index in [0.717, 1.165) is 0 Å². The Bertz CT molecular complexity index is 730. The number of nitrogens with zero attached hydrogens (tertiary/aromatic N) is 1. The fraction of sp³-hybridized carbons (Fsp3) is 0.526. The molecule has 2 N–H and O–H groups in total. The fourth-order valence-corrected chi connectivity index (χ4v) is 2.78. The van der Waals surface area contributed by atoms with Crippen molar-refractivity contribution in [2.45, 2.75) is 46.3 Å². The van der Waals surface area contributed by atoms with Crippen molar-refractivity contribution in [2.75, 3.05) is 13.7 Å². The van der Waals surface area contributed by atoms with Gasteiger partial charge in [-0.2, -0.15) is 0 Å². The molecule has 28 heavy (non-hydrogen) atoms. The van der Waals surface area contributed by atoms with E-state index in [0.29, 0.717) is 21.3 Å². The van der Waals surface area contributed by atoms with Gasteiger partial charge in [0.15, 0.2) is 0 Å². The molecule has 0 saturated carbocycles. The van der Waals surface area contributed by atoms with Gasteiger partial charge in [-0.25, -0.2) is 4.79 Å². The van der Waals surface area contributed by atoms with Crippen LogP contribution in [-0.4, -0.2) is 43.0 Å². The lowest BCUT2D eigenvalue weighted by molar-refractivity contribution is -0.123. The number of alkyl carbamates (subject to hydrolysis) is 1. The summed E-state index contributed by atoms with van der Waals surface area (Å²) in [5, 5.41) is 10.1. The van der Waals surface area contributed by atoms with Gasteiger partial charge in [0.05, 0.1) is 11.6 Å². The number of amides is 2. The third kappa shape index (κ3) is 7.94. The molecule has 0 bridgehead atoms. The highest BCUT2D eigenvalue weighted by atomic mass is 35.5. The van der Waals surface area contributed by atoms with Gasteiger partial charge in [-0.05, 0) is 44.9 Å². The second-order valence-electron chi connectivity index (χ2n) is 7.43. The van der Waals surface area contributed by atoms with Crippen LogP contribution in [0.3, 0.4) is 0 Å². The first-order valence-corrected chi connectivity index (χ1v) is 9.53. The van der Waals surface area contributed by atoms with Gasteiger partial charge < -0.3 is 20.2 Å². The van der Waals surface area contributed by atoms with Gasteiger partial charge in [0, 0.05) is 10.6 Å². The van der Waals surface area contributed by atoms with E-state index in [4.69, 9.17) is 32.8 Å². The lowest BCUT2D eigenvalue weighted by atomic mass is 10.0. The van der Waals surface area contributed by atoms with E-state index < -0.39 is 17.7 Å². The maximum absolute atomic E-state index is 12.6. The van der Waals surface area contributed by atoms with Gasteiger partial charge >= 0.3 is 6.09 Å². The molecule has 0 aliphatic rings. The van der Waals surface area contributed by atoms with Crippen molar-refractivity contribution in [3.8, 4) is 0 Å². The van der Waals surface area contributed by atoms with Gasteiger partial charge in [-0.15, -0.1) is 0 Å². The Labute approximate surface area is 175 Å². The maximum Gasteiger partial charge on any atom is 0.408 e. The number of rotatable bonds is 7. The summed E-state index contributed by atoms with van der Waals surface area (Å²) >= 11 is 12.1. The molecule has 0 heterocycles. The summed E-state index contributed by atoms with van der Waals surface area (Å²) in [6.07, 6.45) is -0.659. The highest BCUT2D eigenvalue weighted by Gasteiger charge is 2.27. The Morgan fingerprint density at radius 3 is 2.36 bits per heavy atom. The molecule has 1 unspecified atom stereocenters. The largest absolute Gasteiger partial charge is 0.444 e. The molecular weight excluding hydrogens is 405 g/mol. The van der Waals surface area contributed by atoms with Crippen LogP contribution in [0, 0.1) is 5.92 Å². The summed E-state index contributed by atoms with van der Waals surface area (Å²) in [6.45, 7) is 8.94. The summed E-state index contributed by atoms with van der Waals surface area (Å²) in [7, 11) is 1.40. The highest BCUT2D eigenvalue weighted by molar-refractivity contribution is 6.37. The summed E-state index contributed by atoms with van der Waals surface area (Å²) in [5.41, 5.74) is 0.331. The molecule has 7 nitrogen and oxygen atoms in total. The van der Waals surface area contributed by atoms with Crippen LogP contribution >= 0.6 is 23.2 Å². The van der Waals surface area contributed by atoms with E-state index >= 15 is 0 Å². The van der Waals surface area contributed by atoms with E-state index in [1.165, 1.54) is 7.11 Å². The van der Waals surface area contributed by atoms with E-state index in [1.807, 2.05) is 13.8 Å². The summed E-state index contributed by atoms with van der Waals surface area (Å²) in [6, 6.07) is 4.15. The number of carbonyl (C=O) groups is 2.